The van der Waals surface area contributed by atoms with Crippen molar-refractivity contribution in [3.05, 3.63) is 54.1 Å². The van der Waals surface area contributed by atoms with Gasteiger partial charge in [0.15, 0.2) is 11.6 Å². The third-order valence-electron chi connectivity index (χ3n) is 3.62. The lowest BCUT2D eigenvalue weighted by atomic mass is 10.1. The molecule has 0 aliphatic carbocycles. The fourth-order valence-corrected chi connectivity index (χ4v) is 2.59. The molecule has 0 spiro atoms. The van der Waals surface area contributed by atoms with E-state index in [0.29, 0.717) is 17.3 Å². The van der Waals surface area contributed by atoms with Crippen molar-refractivity contribution in [3.8, 4) is 11.5 Å². The van der Waals surface area contributed by atoms with E-state index in [1.165, 1.54) is 5.56 Å². The second-order valence-corrected chi connectivity index (χ2v) is 5.13. The minimum absolute atomic E-state index is 0.432. The number of aromatic nitrogens is 2. The number of hydrogen-bond donors (Lipinski definition) is 1. The fourth-order valence-electron chi connectivity index (χ4n) is 2.59. The molecular formula is C17H13N3O. The molecule has 0 saturated heterocycles. The van der Waals surface area contributed by atoms with Crippen molar-refractivity contribution in [2.45, 2.75) is 6.92 Å². The number of hydrogen-bond acceptors (Lipinski definition) is 4. The summed E-state index contributed by atoms with van der Waals surface area (Å²) in [4.78, 5) is 0. The predicted molar refractivity (Wildman–Crippen MR) is 83.9 cm³/mol. The Hall–Kier alpha value is -2.88. The second-order valence-electron chi connectivity index (χ2n) is 5.13. The molecule has 21 heavy (non-hydrogen) atoms. The lowest BCUT2D eigenvalue weighted by Gasteiger charge is -2.03. The molecule has 2 heterocycles. The smallest absolute Gasteiger partial charge is 0.156 e. The molecule has 0 atom stereocenters. The molecule has 102 valence electrons. The van der Waals surface area contributed by atoms with Crippen molar-refractivity contribution in [3.63, 3.8) is 0 Å². The van der Waals surface area contributed by atoms with Crippen LogP contribution in [0.5, 0.6) is 0 Å². The van der Waals surface area contributed by atoms with Crippen molar-refractivity contribution < 1.29 is 4.42 Å². The van der Waals surface area contributed by atoms with Gasteiger partial charge in [0, 0.05) is 16.2 Å². The average Bonchev–Trinajstić information content (AvgIpc) is 2.90. The molecule has 0 fully saturated rings. The molecule has 0 amide bonds. The van der Waals surface area contributed by atoms with Gasteiger partial charge < -0.3 is 10.2 Å². The Morgan fingerprint density at radius 1 is 0.952 bits per heavy atom. The van der Waals surface area contributed by atoms with E-state index >= 15 is 0 Å². The molecule has 2 aromatic carbocycles. The average molecular weight is 275 g/mol. The molecule has 0 unspecified atom stereocenters. The highest BCUT2D eigenvalue weighted by Crippen LogP contribution is 2.32. The summed E-state index contributed by atoms with van der Waals surface area (Å²) in [6, 6.07) is 15.9. The van der Waals surface area contributed by atoms with E-state index < -0.39 is 0 Å². The zero-order chi connectivity index (χ0) is 14.4. The van der Waals surface area contributed by atoms with Gasteiger partial charge in [-0.2, -0.15) is 0 Å². The molecule has 4 rings (SSSR count). The second kappa shape index (κ2) is 4.31. The van der Waals surface area contributed by atoms with Crippen LogP contribution in [0.1, 0.15) is 5.56 Å². The van der Waals surface area contributed by atoms with Gasteiger partial charge in [-0.05, 0) is 25.1 Å². The summed E-state index contributed by atoms with van der Waals surface area (Å²) in [5, 5.41) is 11.2. The third-order valence-corrected chi connectivity index (χ3v) is 3.62. The van der Waals surface area contributed by atoms with Gasteiger partial charge in [0.2, 0.25) is 0 Å². The quantitative estimate of drug-likeness (QED) is 0.571. The lowest BCUT2D eigenvalue weighted by Crippen LogP contribution is -1.96. The zero-order valence-electron chi connectivity index (χ0n) is 11.5. The normalized spacial score (nSPS) is 11.3. The first-order valence-electron chi connectivity index (χ1n) is 6.74. The molecule has 0 saturated carbocycles. The first-order valence-corrected chi connectivity index (χ1v) is 6.74. The lowest BCUT2D eigenvalue weighted by molar-refractivity contribution is 0.628. The Balaban J connectivity index is 2.02. The highest BCUT2D eigenvalue weighted by molar-refractivity contribution is 5.99. The van der Waals surface area contributed by atoms with E-state index in [-0.39, 0.29) is 0 Å². The monoisotopic (exact) mass is 275 g/mol. The number of nitrogen functional groups attached to an aromatic ring is 1. The van der Waals surface area contributed by atoms with Crippen LogP contribution >= 0.6 is 0 Å². The van der Waals surface area contributed by atoms with E-state index in [1.807, 2.05) is 42.5 Å². The first-order chi connectivity index (χ1) is 10.2. The molecule has 0 radical (unpaired) electrons. The Morgan fingerprint density at radius 2 is 1.76 bits per heavy atom. The summed E-state index contributed by atoms with van der Waals surface area (Å²) in [5.41, 5.74) is 8.65. The molecule has 0 aliphatic heterocycles. The molecule has 4 nitrogen and oxygen atoms in total. The summed E-state index contributed by atoms with van der Waals surface area (Å²) in [5.74, 6) is 1.14. The highest BCUT2D eigenvalue weighted by Gasteiger charge is 2.13. The molecule has 2 aromatic heterocycles. The number of rotatable bonds is 1. The summed E-state index contributed by atoms with van der Waals surface area (Å²) >= 11 is 0. The largest absolute Gasteiger partial charge is 0.454 e. The van der Waals surface area contributed by atoms with Crippen molar-refractivity contribution in [1.82, 2.24) is 10.2 Å². The van der Waals surface area contributed by atoms with Gasteiger partial charge in [-0.3, -0.25) is 0 Å². The van der Waals surface area contributed by atoms with E-state index in [1.54, 1.807) is 0 Å². The van der Waals surface area contributed by atoms with E-state index in [9.17, 15) is 0 Å². The number of furan rings is 1. The number of aryl methyl sites for hydroxylation is 1. The van der Waals surface area contributed by atoms with Gasteiger partial charge in [0.25, 0.3) is 0 Å². The third kappa shape index (κ3) is 1.84. The van der Waals surface area contributed by atoms with Gasteiger partial charge in [0.1, 0.15) is 11.3 Å². The summed E-state index contributed by atoms with van der Waals surface area (Å²) in [6.45, 7) is 2.06. The molecule has 4 aromatic rings. The van der Waals surface area contributed by atoms with Crippen molar-refractivity contribution in [1.29, 1.82) is 0 Å². The van der Waals surface area contributed by atoms with Gasteiger partial charge in [-0.25, -0.2) is 0 Å². The van der Waals surface area contributed by atoms with Crippen molar-refractivity contribution in [2.24, 2.45) is 0 Å². The zero-order valence-corrected chi connectivity index (χ0v) is 11.5. The highest BCUT2D eigenvalue weighted by atomic mass is 16.3. The summed E-state index contributed by atoms with van der Waals surface area (Å²) in [7, 11) is 0. The Kier molecular flexibility index (Phi) is 2.44. The van der Waals surface area contributed by atoms with Crippen LogP contribution in [0.2, 0.25) is 0 Å². The summed E-state index contributed by atoms with van der Waals surface area (Å²) in [6.07, 6.45) is 0. The number of benzene rings is 2. The standard InChI is InChI=1S/C17H13N3O/c1-10-6-7-14-11(8-10)9-15(21-14)16-12-4-2-3-5-13(12)17(18)20-19-16/h2-9H,1H3,(H2,18,20). The van der Waals surface area contributed by atoms with Crippen LogP contribution in [0.25, 0.3) is 33.2 Å². The van der Waals surface area contributed by atoms with E-state index in [0.717, 1.165) is 21.7 Å². The molecule has 2 N–H and O–H groups in total. The molecule has 0 bridgehead atoms. The van der Waals surface area contributed by atoms with Gasteiger partial charge >= 0.3 is 0 Å². The van der Waals surface area contributed by atoms with Crippen LogP contribution in [-0.4, -0.2) is 10.2 Å². The molecular weight excluding hydrogens is 262 g/mol. The van der Waals surface area contributed by atoms with E-state index in [4.69, 9.17) is 10.2 Å². The van der Waals surface area contributed by atoms with Crippen LogP contribution in [0, 0.1) is 6.92 Å². The maximum absolute atomic E-state index is 5.91. The Labute approximate surface area is 121 Å². The number of nitrogens with two attached hydrogens (primary N) is 1. The topological polar surface area (TPSA) is 64.9 Å². The van der Waals surface area contributed by atoms with Crippen LogP contribution in [0.15, 0.2) is 52.9 Å². The molecule has 4 heteroatoms. The van der Waals surface area contributed by atoms with Crippen LogP contribution in [0.4, 0.5) is 5.82 Å². The fraction of sp³-hybridized carbons (Fsp3) is 0.0588. The van der Waals surface area contributed by atoms with E-state index in [2.05, 4.69) is 23.2 Å². The Morgan fingerprint density at radius 3 is 2.62 bits per heavy atom. The maximum atomic E-state index is 5.91. The minimum atomic E-state index is 0.432. The SMILES string of the molecule is Cc1ccc2oc(-c3nnc(N)c4ccccc34)cc2c1. The first kappa shape index (κ1) is 11.9. The predicted octanol–water partition coefficient (Wildman–Crippen LogP) is 3.93. The van der Waals surface area contributed by atoms with Crippen LogP contribution < -0.4 is 5.73 Å². The number of fused-ring (bicyclic) bond motifs is 2. The van der Waals surface area contributed by atoms with Crippen LogP contribution in [-0.2, 0) is 0 Å². The van der Waals surface area contributed by atoms with Gasteiger partial charge in [-0.15, -0.1) is 10.2 Å². The minimum Gasteiger partial charge on any atom is -0.454 e. The van der Waals surface area contributed by atoms with Crippen molar-refractivity contribution in [2.75, 3.05) is 5.73 Å². The summed E-state index contributed by atoms with van der Waals surface area (Å²) < 4.78 is 5.91. The number of anilines is 1. The Bertz CT molecular complexity index is 972. The van der Waals surface area contributed by atoms with Crippen LogP contribution in [0.3, 0.4) is 0 Å². The number of nitrogens with zero attached hydrogens (tertiary/aromatic N) is 2. The van der Waals surface area contributed by atoms with Gasteiger partial charge in [-0.1, -0.05) is 35.9 Å². The maximum Gasteiger partial charge on any atom is 0.156 e. The van der Waals surface area contributed by atoms with Crippen molar-refractivity contribution >= 4 is 27.6 Å². The molecule has 0 aliphatic rings. The van der Waals surface area contributed by atoms with Gasteiger partial charge in [0.05, 0.1) is 0 Å².